The van der Waals surface area contributed by atoms with E-state index in [1.807, 2.05) is 36.4 Å². The van der Waals surface area contributed by atoms with Crippen LogP contribution in [0.1, 0.15) is 11.1 Å². The van der Waals surface area contributed by atoms with Crippen LogP contribution in [0.5, 0.6) is 0 Å². The second-order valence-electron chi connectivity index (χ2n) is 5.24. The molecule has 0 atom stereocenters. The van der Waals surface area contributed by atoms with Gasteiger partial charge in [0.2, 0.25) is 5.95 Å². The Kier molecular flexibility index (Phi) is 4.98. The molecule has 0 unspecified atom stereocenters. The first kappa shape index (κ1) is 16.1. The number of rotatable bonds is 4. The zero-order valence-electron chi connectivity index (χ0n) is 13.3. The van der Waals surface area contributed by atoms with Gasteiger partial charge < -0.3 is 5.32 Å². The van der Waals surface area contributed by atoms with Gasteiger partial charge in [0.1, 0.15) is 0 Å². The number of aromatic nitrogens is 2. The van der Waals surface area contributed by atoms with Crippen LogP contribution >= 0.6 is 0 Å². The molecule has 0 aliphatic carbocycles. The number of anilines is 2. The molecule has 0 spiro atoms. The average molecular weight is 329 g/mol. The van der Waals surface area contributed by atoms with E-state index in [2.05, 4.69) is 15.3 Å². The highest BCUT2D eigenvalue weighted by molar-refractivity contribution is 6.00. The van der Waals surface area contributed by atoms with E-state index in [1.165, 1.54) is 4.90 Å². The lowest BCUT2D eigenvalue weighted by Crippen LogP contribution is -2.35. The smallest absolute Gasteiger partial charge is 0.307 e. The molecule has 25 heavy (non-hydrogen) atoms. The lowest BCUT2D eigenvalue weighted by molar-refractivity contribution is 0.256. The van der Waals surface area contributed by atoms with Crippen LogP contribution in [0.2, 0.25) is 0 Å². The summed E-state index contributed by atoms with van der Waals surface area (Å²) in [6.07, 6.45) is 3.19. The van der Waals surface area contributed by atoms with E-state index < -0.39 is 0 Å². The van der Waals surface area contributed by atoms with Crippen LogP contribution in [0.4, 0.5) is 16.4 Å². The highest BCUT2D eigenvalue weighted by Gasteiger charge is 2.18. The summed E-state index contributed by atoms with van der Waals surface area (Å²) in [4.78, 5) is 22.6. The van der Waals surface area contributed by atoms with Crippen molar-refractivity contribution in [1.29, 1.82) is 5.26 Å². The van der Waals surface area contributed by atoms with Gasteiger partial charge in [-0.2, -0.15) is 5.26 Å². The fourth-order valence-electron chi connectivity index (χ4n) is 2.25. The topological polar surface area (TPSA) is 81.9 Å². The molecule has 0 fully saturated rings. The van der Waals surface area contributed by atoms with Crippen molar-refractivity contribution in [1.82, 2.24) is 9.97 Å². The first-order chi connectivity index (χ1) is 12.3. The van der Waals surface area contributed by atoms with Crippen molar-refractivity contribution in [3.63, 3.8) is 0 Å². The van der Waals surface area contributed by atoms with E-state index in [0.29, 0.717) is 23.7 Å². The van der Waals surface area contributed by atoms with Crippen LogP contribution in [-0.2, 0) is 6.54 Å². The van der Waals surface area contributed by atoms with Crippen molar-refractivity contribution in [3.8, 4) is 6.07 Å². The first-order valence-corrected chi connectivity index (χ1v) is 7.66. The Bertz CT molecular complexity index is 873. The molecule has 0 aliphatic heterocycles. The molecule has 1 aromatic heterocycles. The molecule has 0 bridgehead atoms. The lowest BCUT2D eigenvalue weighted by atomic mass is 10.2. The highest BCUT2D eigenvalue weighted by atomic mass is 16.2. The van der Waals surface area contributed by atoms with Gasteiger partial charge in [0.05, 0.1) is 18.2 Å². The monoisotopic (exact) mass is 329 g/mol. The quantitative estimate of drug-likeness (QED) is 0.793. The summed E-state index contributed by atoms with van der Waals surface area (Å²) in [7, 11) is 0. The van der Waals surface area contributed by atoms with Gasteiger partial charge >= 0.3 is 6.03 Å². The summed E-state index contributed by atoms with van der Waals surface area (Å²) >= 11 is 0. The van der Waals surface area contributed by atoms with E-state index >= 15 is 0 Å². The van der Waals surface area contributed by atoms with Crippen molar-refractivity contribution in [3.05, 3.63) is 84.2 Å². The fourth-order valence-corrected chi connectivity index (χ4v) is 2.25. The normalized spacial score (nSPS) is 9.88. The molecular formula is C19H15N5O. The summed E-state index contributed by atoms with van der Waals surface area (Å²) in [6.45, 7) is 0.340. The molecule has 2 amide bonds. The van der Waals surface area contributed by atoms with Crippen LogP contribution in [0, 0.1) is 11.3 Å². The van der Waals surface area contributed by atoms with Gasteiger partial charge in [-0.05, 0) is 35.9 Å². The number of nitrogens with one attached hydrogen (secondary N) is 1. The van der Waals surface area contributed by atoms with Gasteiger partial charge in [0.15, 0.2) is 0 Å². The molecule has 6 heteroatoms. The number of hydrogen-bond donors (Lipinski definition) is 1. The van der Waals surface area contributed by atoms with Gasteiger partial charge in [-0.25, -0.2) is 14.8 Å². The van der Waals surface area contributed by atoms with Crippen LogP contribution in [0.3, 0.4) is 0 Å². The Morgan fingerprint density at radius 3 is 2.32 bits per heavy atom. The Hall–Kier alpha value is -3.72. The molecule has 1 heterocycles. The maximum Gasteiger partial charge on any atom is 0.329 e. The number of urea groups is 1. The summed E-state index contributed by atoms with van der Waals surface area (Å²) in [5.74, 6) is 0.317. The maximum atomic E-state index is 12.7. The first-order valence-electron chi connectivity index (χ1n) is 7.66. The van der Waals surface area contributed by atoms with Gasteiger partial charge in [-0.3, -0.25) is 4.90 Å². The predicted octanol–water partition coefficient (Wildman–Crippen LogP) is 3.59. The Morgan fingerprint density at radius 2 is 1.68 bits per heavy atom. The van der Waals surface area contributed by atoms with Crippen LogP contribution in [0.15, 0.2) is 73.1 Å². The van der Waals surface area contributed by atoms with Crippen LogP contribution < -0.4 is 10.2 Å². The van der Waals surface area contributed by atoms with Gasteiger partial charge in [-0.15, -0.1) is 0 Å². The summed E-state index contributed by atoms with van der Waals surface area (Å²) in [5.41, 5.74) is 2.09. The van der Waals surface area contributed by atoms with E-state index in [4.69, 9.17) is 5.26 Å². The molecule has 122 valence electrons. The second-order valence-corrected chi connectivity index (χ2v) is 5.24. The highest BCUT2D eigenvalue weighted by Crippen LogP contribution is 2.15. The van der Waals surface area contributed by atoms with Crippen molar-refractivity contribution in [2.45, 2.75) is 6.54 Å². The molecule has 0 radical (unpaired) electrons. The minimum Gasteiger partial charge on any atom is -0.307 e. The summed E-state index contributed by atoms with van der Waals surface area (Å²) in [6, 6.07) is 19.7. The predicted molar refractivity (Wildman–Crippen MR) is 94.8 cm³/mol. The van der Waals surface area contributed by atoms with Gasteiger partial charge in [-0.1, -0.05) is 30.3 Å². The Morgan fingerprint density at radius 1 is 1.00 bits per heavy atom. The number of amides is 2. The van der Waals surface area contributed by atoms with Crippen molar-refractivity contribution in [2.75, 3.05) is 10.2 Å². The van der Waals surface area contributed by atoms with Gasteiger partial charge in [0, 0.05) is 18.1 Å². The molecule has 6 nitrogen and oxygen atoms in total. The Balaban J connectivity index is 1.82. The van der Waals surface area contributed by atoms with Crippen molar-refractivity contribution in [2.24, 2.45) is 0 Å². The third kappa shape index (κ3) is 4.18. The summed E-state index contributed by atoms with van der Waals surface area (Å²) in [5, 5.41) is 11.7. The van der Waals surface area contributed by atoms with E-state index in [0.717, 1.165) is 5.56 Å². The molecule has 0 aliphatic rings. The molecule has 1 N–H and O–H groups in total. The molecule has 3 aromatic rings. The van der Waals surface area contributed by atoms with Crippen molar-refractivity contribution < 1.29 is 4.79 Å². The molecule has 2 aromatic carbocycles. The largest absolute Gasteiger partial charge is 0.329 e. The van der Waals surface area contributed by atoms with Crippen LogP contribution in [-0.4, -0.2) is 16.0 Å². The maximum absolute atomic E-state index is 12.7. The number of nitrogens with zero attached hydrogens (tertiary/aromatic N) is 4. The molecule has 0 saturated heterocycles. The molecular weight excluding hydrogens is 314 g/mol. The van der Waals surface area contributed by atoms with E-state index in [1.54, 1.807) is 42.7 Å². The molecule has 0 saturated carbocycles. The second kappa shape index (κ2) is 7.70. The number of carbonyl (C=O) groups is 1. The number of hydrogen-bond acceptors (Lipinski definition) is 4. The van der Waals surface area contributed by atoms with E-state index in [-0.39, 0.29) is 6.03 Å². The minimum atomic E-state index is -0.347. The van der Waals surface area contributed by atoms with Gasteiger partial charge in [0.25, 0.3) is 0 Å². The van der Waals surface area contributed by atoms with E-state index in [9.17, 15) is 4.79 Å². The zero-order chi connectivity index (χ0) is 17.5. The number of carbonyl (C=O) groups excluding carboxylic acids is 1. The fraction of sp³-hybridized carbons (Fsp3) is 0.0526. The Labute approximate surface area is 145 Å². The SMILES string of the molecule is N#Cc1ccc(NC(=O)N(Cc2ccccc2)c2ncccn2)cc1. The number of benzene rings is 2. The minimum absolute atomic E-state index is 0.317. The zero-order valence-corrected chi connectivity index (χ0v) is 13.3. The summed E-state index contributed by atoms with van der Waals surface area (Å²) < 4.78 is 0. The van der Waals surface area contributed by atoms with Crippen molar-refractivity contribution >= 4 is 17.7 Å². The lowest BCUT2D eigenvalue weighted by Gasteiger charge is -2.21. The third-order valence-electron chi connectivity index (χ3n) is 3.49. The molecule has 3 rings (SSSR count). The third-order valence-corrected chi connectivity index (χ3v) is 3.49. The average Bonchev–Trinajstić information content (AvgIpc) is 2.68. The number of nitriles is 1. The van der Waals surface area contributed by atoms with Crippen LogP contribution in [0.25, 0.3) is 0 Å². The standard InChI is InChI=1S/C19H15N5O/c20-13-15-7-9-17(10-8-15)23-19(25)24(18-21-11-4-12-22-18)14-16-5-2-1-3-6-16/h1-12H,14H2,(H,23,25).